The van der Waals surface area contributed by atoms with E-state index in [1.807, 2.05) is 36.5 Å². The maximum atomic E-state index is 10.6. The maximum Gasteiger partial charge on any atom is 0.179 e. The third-order valence-electron chi connectivity index (χ3n) is 5.77. The van der Waals surface area contributed by atoms with Crippen LogP contribution in [0.15, 0.2) is 73.1 Å². The summed E-state index contributed by atoms with van der Waals surface area (Å²) in [4.78, 5) is 3.35. The van der Waals surface area contributed by atoms with Crippen LogP contribution in [0.4, 0.5) is 0 Å². The molecule has 3 N–H and O–H groups in total. The number of aliphatic hydroxyl groups is 1. The minimum Gasteiger partial charge on any atom is -0.489 e. The second-order valence-corrected chi connectivity index (χ2v) is 8.27. The summed E-state index contributed by atoms with van der Waals surface area (Å²) in [5.74, 6) is 0.848. The molecule has 0 saturated heterocycles. The van der Waals surface area contributed by atoms with Crippen LogP contribution in [0.2, 0.25) is 0 Å². The average Bonchev–Trinajstić information content (AvgIpc) is 3.48. The quantitative estimate of drug-likeness (QED) is 0.323. The second kappa shape index (κ2) is 9.40. The summed E-state index contributed by atoms with van der Waals surface area (Å²) in [5, 5.41) is 26.6. The molecule has 5 rings (SSSR count). The lowest BCUT2D eigenvalue weighted by Gasteiger charge is -2.17. The van der Waals surface area contributed by atoms with Gasteiger partial charge in [0.15, 0.2) is 5.65 Å². The van der Waals surface area contributed by atoms with Gasteiger partial charge in [0.25, 0.3) is 0 Å². The van der Waals surface area contributed by atoms with Gasteiger partial charge in [-0.25, -0.2) is 4.52 Å². The molecule has 0 amide bonds. The number of aromatic amines is 1. The Hall–Kier alpha value is -3.75. The third-order valence-corrected chi connectivity index (χ3v) is 5.77. The first-order valence-electron chi connectivity index (χ1n) is 11.0. The van der Waals surface area contributed by atoms with E-state index in [0.717, 1.165) is 34.2 Å². The number of H-pyrrole nitrogens is 1. The normalized spacial score (nSPS) is 13.4. The van der Waals surface area contributed by atoms with Crippen LogP contribution in [0, 0.1) is 0 Å². The van der Waals surface area contributed by atoms with Gasteiger partial charge in [0.05, 0.1) is 6.10 Å². The standard InChI is InChI=1S/C25H26N6O2/c1-17(26-14-24(32)19-7-10-25-28-29-30-31(25)15-19)11-20-13-27-23-9-8-21(12-22(20)23)33-16-18-5-3-2-4-6-18/h2-10,12-13,15,17,24,26-27,32H,11,14,16H2,1H3. The predicted molar refractivity (Wildman–Crippen MR) is 126 cm³/mol. The summed E-state index contributed by atoms with van der Waals surface area (Å²) in [5.41, 5.74) is 4.85. The molecular weight excluding hydrogens is 416 g/mol. The topological polar surface area (TPSA) is 100 Å². The number of aliphatic hydroxyl groups excluding tert-OH is 1. The number of nitrogens with one attached hydrogen (secondary N) is 2. The highest BCUT2D eigenvalue weighted by molar-refractivity contribution is 5.84. The first kappa shape index (κ1) is 21.1. The largest absolute Gasteiger partial charge is 0.489 e. The Kier molecular flexibility index (Phi) is 6.01. The zero-order valence-corrected chi connectivity index (χ0v) is 18.3. The molecule has 2 atom stereocenters. The Labute approximate surface area is 191 Å². The monoisotopic (exact) mass is 442 g/mol. The van der Waals surface area contributed by atoms with Gasteiger partial charge in [-0.2, -0.15) is 0 Å². The number of nitrogens with zero attached hydrogens (tertiary/aromatic N) is 4. The van der Waals surface area contributed by atoms with Crippen molar-refractivity contribution >= 4 is 16.6 Å². The molecule has 0 saturated carbocycles. The molecule has 3 aromatic heterocycles. The SMILES string of the molecule is CC(Cc1c[nH]c2ccc(OCc3ccccc3)cc12)NCC(O)c1ccc2nnnn2c1. The van der Waals surface area contributed by atoms with Gasteiger partial charge in [0.1, 0.15) is 12.4 Å². The Morgan fingerprint density at radius 1 is 1.12 bits per heavy atom. The molecular formula is C25H26N6O2. The molecule has 33 heavy (non-hydrogen) atoms. The van der Waals surface area contributed by atoms with Gasteiger partial charge in [0, 0.05) is 41.4 Å². The number of ether oxygens (including phenoxy) is 1. The highest BCUT2D eigenvalue weighted by Gasteiger charge is 2.13. The van der Waals surface area contributed by atoms with Gasteiger partial charge in [-0.05, 0) is 59.2 Å². The summed E-state index contributed by atoms with van der Waals surface area (Å²) in [7, 11) is 0. The summed E-state index contributed by atoms with van der Waals surface area (Å²) in [6.45, 7) is 3.09. The Morgan fingerprint density at radius 2 is 2.00 bits per heavy atom. The highest BCUT2D eigenvalue weighted by Crippen LogP contribution is 2.25. The molecule has 8 nitrogen and oxygen atoms in total. The van der Waals surface area contributed by atoms with Gasteiger partial charge in [-0.15, -0.1) is 5.10 Å². The van der Waals surface area contributed by atoms with Crippen LogP contribution in [-0.2, 0) is 13.0 Å². The molecule has 0 spiro atoms. The lowest BCUT2D eigenvalue weighted by Crippen LogP contribution is -2.32. The van der Waals surface area contributed by atoms with E-state index >= 15 is 0 Å². The number of benzene rings is 2. The molecule has 0 fully saturated rings. The minimum atomic E-state index is -0.651. The summed E-state index contributed by atoms with van der Waals surface area (Å²) in [6, 6.07) is 20.1. The number of aromatic nitrogens is 5. The molecule has 0 aliphatic rings. The van der Waals surface area contributed by atoms with E-state index in [-0.39, 0.29) is 6.04 Å². The number of rotatable bonds is 9. The number of fused-ring (bicyclic) bond motifs is 2. The van der Waals surface area contributed by atoms with Crippen molar-refractivity contribution in [2.45, 2.75) is 32.1 Å². The summed E-state index contributed by atoms with van der Waals surface area (Å²) < 4.78 is 7.56. The Bertz CT molecular complexity index is 1350. The van der Waals surface area contributed by atoms with Crippen LogP contribution in [-0.4, -0.2) is 42.7 Å². The molecule has 0 aliphatic heterocycles. The van der Waals surface area contributed by atoms with Crippen molar-refractivity contribution in [1.29, 1.82) is 0 Å². The van der Waals surface area contributed by atoms with Crippen molar-refractivity contribution in [3.05, 3.63) is 89.7 Å². The van der Waals surface area contributed by atoms with Crippen molar-refractivity contribution in [3.8, 4) is 5.75 Å². The molecule has 5 aromatic rings. The number of hydrogen-bond donors (Lipinski definition) is 3. The zero-order valence-electron chi connectivity index (χ0n) is 18.3. The summed E-state index contributed by atoms with van der Waals surface area (Å²) >= 11 is 0. The molecule has 168 valence electrons. The van der Waals surface area contributed by atoms with Crippen molar-refractivity contribution in [3.63, 3.8) is 0 Å². The molecule has 0 bridgehead atoms. The molecule has 2 unspecified atom stereocenters. The van der Waals surface area contributed by atoms with E-state index in [4.69, 9.17) is 4.74 Å². The summed E-state index contributed by atoms with van der Waals surface area (Å²) in [6.07, 6.45) is 3.97. The van der Waals surface area contributed by atoms with Gasteiger partial charge < -0.3 is 20.1 Å². The maximum absolute atomic E-state index is 10.6. The van der Waals surface area contributed by atoms with Crippen LogP contribution in [0.1, 0.15) is 29.7 Å². The lowest BCUT2D eigenvalue weighted by molar-refractivity contribution is 0.170. The highest BCUT2D eigenvalue weighted by atomic mass is 16.5. The van der Waals surface area contributed by atoms with E-state index in [1.165, 1.54) is 5.56 Å². The molecule has 2 aromatic carbocycles. The van der Waals surface area contributed by atoms with Crippen LogP contribution >= 0.6 is 0 Å². The van der Waals surface area contributed by atoms with Gasteiger partial charge in [-0.1, -0.05) is 36.4 Å². The molecule has 0 radical (unpaired) electrons. The minimum absolute atomic E-state index is 0.171. The fourth-order valence-electron chi connectivity index (χ4n) is 3.94. The van der Waals surface area contributed by atoms with E-state index in [0.29, 0.717) is 18.8 Å². The Morgan fingerprint density at radius 3 is 2.88 bits per heavy atom. The predicted octanol–water partition coefficient (Wildman–Crippen LogP) is 3.44. The molecule has 8 heteroatoms. The van der Waals surface area contributed by atoms with Crippen LogP contribution < -0.4 is 10.1 Å². The van der Waals surface area contributed by atoms with Crippen LogP contribution in [0.25, 0.3) is 16.6 Å². The van der Waals surface area contributed by atoms with E-state index in [2.05, 4.69) is 57.0 Å². The number of pyridine rings is 1. The van der Waals surface area contributed by atoms with E-state index in [9.17, 15) is 5.11 Å². The van der Waals surface area contributed by atoms with E-state index < -0.39 is 6.10 Å². The van der Waals surface area contributed by atoms with Crippen molar-refractivity contribution in [2.24, 2.45) is 0 Å². The van der Waals surface area contributed by atoms with E-state index in [1.54, 1.807) is 16.8 Å². The lowest BCUT2D eigenvalue weighted by atomic mass is 10.1. The fraction of sp³-hybridized carbons (Fsp3) is 0.240. The molecule has 0 aliphatic carbocycles. The zero-order chi connectivity index (χ0) is 22.6. The second-order valence-electron chi connectivity index (χ2n) is 8.27. The van der Waals surface area contributed by atoms with Crippen LogP contribution in [0.5, 0.6) is 5.75 Å². The Balaban J connectivity index is 1.20. The smallest absolute Gasteiger partial charge is 0.179 e. The third kappa shape index (κ3) is 4.87. The van der Waals surface area contributed by atoms with Crippen molar-refractivity contribution in [2.75, 3.05) is 6.54 Å². The van der Waals surface area contributed by atoms with Gasteiger partial charge in [0.2, 0.25) is 0 Å². The first-order valence-corrected chi connectivity index (χ1v) is 11.0. The van der Waals surface area contributed by atoms with Crippen molar-refractivity contribution in [1.82, 2.24) is 30.3 Å². The number of hydrogen-bond acceptors (Lipinski definition) is 6. The van der Waals surface area contributed by atoms with Gasteiger partial charge in [-0.3, -0.25) is 0 Å². The average molecular weight is 443 g/mol. The van der Waals surface area contributed by atoms with Crippen LogP contribution in [0.3, 0.4) is 0 Å². The first-order chi connectivity index (χ1) is 16.2. The fourth-order valence-corrected chi connectivity index (χ4v) is 3.94. The van der Waals surface area contributed by atoms with Gasteiger partial charge >= 0.3 is 0 Å². The number of tetrazole rings is 1. The molecule has 3 heterocycles. The van der Waals surface area contributed by atoms with Crippen molar-refractivity contribution < 1.29 is 9.84 Å².